The minimum Gasteiger partial charge on any atom is -0.388 e. The van der Waals surface area contributed by atoms with Gasteiger partial charge in [0.05, 0.1) is 37.5 Å². The summed E-state index contributed by atoms with van der Waals surface area (Å²) in [6.07, 6.45) is 2.65. The summed E-state index contributed by atoms with van der Waals surface area (Å²) in [6.45, 7) is 0.683. The number of rotatable bonds is 3. The summed E-state index contributed by atoms with van der Waals surface area (Å²) < 4.78 is 29.7. The smallest absolute Gasteiger partial charge is 0.322 e. The number of hydrogen-bond donors (Lipinski definition) is 3. The highest BCUT2D eigenvalue weighted by Crippen LogP contribution is 2.37. The second-order valence-corrected chi connectivity index (χ2v) is 8.10. The van der Waals surface area contributed by atoms with Crippen molar-refractivity contribution >= 4 is 23.2 Å². The van der Waals surface area contributed by atoms with Crippen molar-refractivity contribution in [2.24, 2.45) is 0 Å². The third kappa shape index (κ3) is 3.63. The topological polar surface area (TPSA) is 106 Å². The second-order valence-electron chi connectivity index (χ2n) is 8.10. The molecule has 11 heteroatoms. The Hall–Kier alpha value is -3.31. The number of carbonyl (C=O) groups excluding carboxylic acids is 1. The van der Waals surface area contributed by atoms with Crippen LogP contribution in [-0.4, -0.2) is 67.6 Å². The molecule has 0 bridgehead atoms. The van der Waals surface area contributed by atoms with Crippen LogP contribution in [-0.2, 0) is 0 Å². The predicted octanol–water partition coefficient (Wildman–Crippen LogP) is 1.92. The van der Waals surface area contributed by atoms with Crippen LogP contribution in [0.25, 0.3) is 5.65 Å². The van der Waals surface area contributed by atoms with Crippen molar-refractivity contribution in [3.8, 4) is 0 Å². The van der Waals surface area contributed by atoms with E-state index in [4.69, 9.17) is 0 Å². The second kappa shape index (κ2) is 7.99. The minimum absolute atomic E-state index is 0.0273. The lowest BCUT2D eigenvalue weighted by molar-refractivity contribution is 0.0572. The first-order valence-electron chi connectivity index (χ1n) is 10.4. The van der Waals surface area contributed by atoms with Gasteiger partial charge in [0.1, 0.15) is 23.1 Å². The van der Waals surface area contributed by atoms with Gasteiger partial charge < -0.3 is 25.3 Å². The number of halogens is 2. The maximum atomic E-state index is 14.4. The number of benzene rings is 1. The zero-order chi connectivity index (χ0) is 22.4. The van der Waals surface area contributed by atoms with Gasteiger partial charge in [-0.15, -0.1) is 0 Å². The fraction of sp³-hybridized carbons (Fsp3) is 0.381. The maximum absolute atomic E-state index is 14.4. The van der Waals surface area contributed by atoms with Crippen LogP contribution in [0.1, 0.15) is 24.4 Å². The average Bonchev–Trinajstić information content (AvgIpc) is 3.49. The molecule has 2 saturated heterocycles. The summed E-state index contributed by atoms with van der Waals surface area (Å²) >= 11 is 0. The third-order valence-corrected chi connectivity index (χ3v) is 6.01. The molecular weight excluding hydrogens is 422 g/mol. The highest BCUT2D eigenvalue weighted by molar-refractivity contribution is 5.93. The van der Waals surface area contributed by atoms with E-state index in [1.54, 1.807) is 12.3 Å². The van der Waals surface area contributed by atoms with Crippen molar-refractivity contribution in [3.63, 3.8) is 0 Å². The van der Waals surface area contributed by atoms with Gasteiger partial charge in [0.2, 0.25) is 0 Å². The number of amides is 2. The fourth-order valence-corrected chi connectivity index (χ4v) is 4.37. The zero-order valence-electron chi connectivity index (χ0n) is 17.0. The number of aromatic nitrogens is 3. The van der Waals surface area contributed by atoms with Crippen molar-refractivity contribution < 1.29 is 23.8 Å². The van der Waals surface area contributed by atoms with Gasteiger partial charge in [-0.2, -0.15) is 5.10 Å². The Balaban J connectivity index is 1.42. The van der Waals surface area contributed by atoms with E-state index in [0.29, 0.717) is 30.1 Å². The molecule has 4 heterocycles. The van der Waals surface area contributed by atoms with Crippen molar-refractivity contribution in [3.05, 3.63) is 53.9 Å². The fourth-order valence-electron chi connectivity index (χ4n) is 4.37. The number of carbonyl (C=O) groups is 1. The number of fused-ring (bicyclic) bond motifs is 1. The van der Waals surface area contributed by atoms with Crippen LogP contribution >= 0.6 is 0 Å². The quantitative estimate of drug-likeness (QED) is 0.570. The van der Waals surface area contributed by atoms with Crippen molar-refractivity contribution in [1.29, 1.82) is 0 Å². The van der Waals surface area contributed by atoms with E-state index in [0.717, 1.165) is 18.6 Å². The molecule has 2 fully saturated rings. The number of β-amino-alcohol motifs (C(OH)–C–C–N with tert-alkyl or cyclic N) is 2. The molecule has 0 radical (unpaired) electrons. The lowest BCUT2D eigenvalue weighted by atomic mass is 10.0. The lowest BCUT2D eigenvalue weighted by Crippen LogP contribution is -2.34. The Bertz CT molecular complexity index is 1160. The Kier molecular flexibility index (Phi) is 5.14. The molecule has 0 spiro atoms. The van der Waals surface area contributed by atoms with Gasteiger partial charge in [0.15, 0.2) is 5.65 Å². The first-order chi connectivity index (χ1) is 15.4. The van der Waals surface area contributed by atoms with Crippen LogP contribution in [0.5, 0.6) is 0 Å². The van der Waals surface area contributed by atoms with Crippen LogP contribution in [0.4, 0.5) is 25.1 Å². The van der Waals surface area contributed by atoms with E-state index >= 15 is 0 Å². The molecular formula is C21H22F2N6O3. The van der Waals surface area contributed by atoms with Crippen LogP contribution in [0, 0.1) is 11.6 Å². The molecule has 2 aliphatic rings. The first-order valence-corrected chi connectivity index (χ1v) is 10.4. The van der Waals surface area contributed by atoms with Gasteiger partial charge in [0.25, 0.3) is 0 Å². The monoisotopic (exact) mass is 444 g/mol. The van der Waals surface area contributed by atoms with E-state index in [2.05, 4.69) is 15.4 Å². The van der Waals surface area contributed by atoms with Crippen LogP contribution in [0.15, 0.2) is 36.7 Å². The summed E-state index contributed by atoms with van der Waals surface area (Å²) in [7, 11) is 0. The molecule has 1 aromatic carbocycles. The van der Waals surface area contributed by atoms with Gasteiger partial charge >= 0.3 is 6.03 Å². The molecule has 0 aliphatic carbocycles. The number of aliphatic hydroxyl groups is 2. The lowest BCUT2D eigenvalue weighted by Gasteiger charge is -2.26. The van der Waals surface area contributed by atoms with Crippen molar-refractivity contribution in [1.82, 2.24) is 19.5 Å². The molecule has 0 saturated carbocycles. The molecule has 3 N–H and O–H groups in total. The molecule has 32 heavy (non-hydrogen) atoms. The summed E-state index contributed by atoms with van der Waals surface area (Å²) in [5.74, 6) is -0.391. The highest BCUT2D eigenvalue weighted by atomic mass is 19.1. The third-order valence-electron chi connectivity index (χ3n) is 6.01. The molecule has 9 nitrogen and oxygen atoms in total. The average molecular weight is 444 g/mol. The van der Waals surface area contributed by atoms with Crippen molar-refractivity contribution in [2.45, 2.75) is 31.1 Å². The molecule has 2 aromatic heterocycles. The van der Waals surface area contributed by atoms with Gasteiger partial charge in [-0.05, 0) is 37.1 Å². The SMILES string of the molecule is O=C(Nc1cnn2ccc(N3CCC[C@@H]3c3cc(F)ccc3F)nc12)N1CC(O)C(O)C1. The van der Waals surface area contributed by atoms with Gasteiger partial charge in [-0.25, -0.2) is 23.1 Å². The summed E-state index contributed by atoms with van der Waals surface area (Å²) in [5, 5.41) is 26.3. The molecule has 5 rings (SSSR count). The number of nitrogens with one attached hydrogen (secondary N) is 1. The normalized spacial score (nSPS) is 23.3. The molecule has 3 atom stereocenters. The number of aliphatic hydroxyl groups excluding tert-OH is 2. The number of hydrogen-bond acceptors (Lipinski definition) is 6. The van der Waals surface area contributed by atoms with E-state index in [1.165, 1.54) is 21.7 Å². The summed E-state index contributed by atoms with van der Waals surface area (Å²) in [6, 6.07) is 4.36. The number of nitrogens with zero attached hydrogens (tertiary/aromatic N) is 5. The zero-order valence-corrected chi connectivity index (χ0v) is 17.0. The molecule has 3 aromatic rings. The predicted molar refractivity (Wildman–Crippen MR) is 111 cm³/mol. The van der Waals surface area contributed by atoms with Crippen LogP contribution < -0.4 is 10.2 Å². The first kappa shape index (κ1) is 20.6. The number of likely N-dealkylation sites (tertiary alicyclic amines) is 1. The van der Waals surface area contributed by atoms with Gasteiger partial charge in [0, 0.05) is 18.3 Å². The summed E-state index contributed by atoms with van der Waals surface area (Å²) in [4.78, 5) is 20.4. The Morgan fingerprint density at radius 3 is 2.72 bits per heavy atom. The maximum Gasteiger partial charge on any atom is 0.322 e. The minimum atomic E-state index is -0.982. The van der Waals surface area contributed by atoms with Gasteiger partial charge in [-0.3, -0.25) is 0 Å². The van der Waals surface area contributed by atoms with Crippen LogP contribution in [0.3, 0.4) is 0 Å². The van der Waals surface area contributed by atoms with E-state index in [-0.39, 0.29) is 24.7 Å². The van der Waals surface area contributed by atoms with E-state index in [1.807, 2.05) is 4.90 Å². The van der Waals surface area contributed by atoms with Crippen molar-refractivity contribution in [2.75, 3.05) is 29.9 Å². The molecule has 168 valence electrons. The largest absolute Gasteiger partial charge is 0.388 e. The standard InChI is InChI=1S/C21H22F2N6O3/c22-12-3-4-14(23)13(8-12)16-2-1-6-28(16)19-5-7-29-20(26-19)15(9-24-29)25-21(32)27-10-17(30)18(31)11-27/h3-5,7-9,16-18,30-31H,1-2,6,10-11H2,(H,25,32)/t16-,17?,18?/m1/s1. The molecule has 2 aliphatic heterocycles. The molecule has 2 unspecified atom stereocenters. The Morgan fingerprint density at radius 2 is 1.94 bits per heavy atom. The van der Waals surface area contributed by atoms with E-state index in [9.17, 15) is 23.8 Å². The Morgan fingerprint density at radius 1 is 1.16 bits per heavy atom. The van der Waals surface area contributed by atoms with Gasteiger partial charge in [-0.1, -0.05) is 0 Å². The number of urea groups is 1. The number of anilines is 2. The summed E-state index contributed by atoms with van der Waals surface area (Å²) in [5.41, 5.74) is 1.04. The van der Waals surface area contributed by atoms with Crippen LogP contribution in [0.2, 0.25) is 0 Å². The Labute approximate surface area is 181 Å². The van der Waals surface area contributed by atoms with E-state index < -0.39 is 29.9 Å². The highest BCUT2D eigenvalue weighted by Gasteiger charge is 2.33. The molecule has 2 amide bonds.